The maximum Gasteiger partial charge on any atom is 0.243 e. The van der Waals surface area contributed by atoms with Gasteiger partial charge >= 0.3 is 0 Å². The van der Waals surface area contributed by atoms with Crippen LogP contribution in [0, 0.1) is 11.3 Å². The minimum absolute atomic E-state index is 0.155. The fraction of sp³-hybridized carbons (Fsp3) is 0.462. The average Bonchev–Trinajstić information content (AvgIpc) is 2.40. The van der Waals surface area contributed by atoms with Gasteiger partial charge in [-0.3, -0.25) is 0 Å². The Bertz CT molecular complexity index is 575. The van der Waals surface area contributed by atoms with Crippen molar-refractivity contribution in [1.82, 2.24) is 4.31 Å². The van der Waals surface area contributed by atoms with Crippen molar-refractivity contribution in [2.45, 2.75) is 30.3 Å². The highest BCUT2D eigenvalue weighted by Gasteiger charge is 2.29. The lowest BCUT2D eigenvalue weighted by molar-refractivity contribution is 0.108. The number of sulfonamides is 1. The number of hydrogen-bond acceptors (Lipinski definition) is 4. The normalized spacial score (nSPS) is 20.9. The van der Waals surface area contributed by atoms with Crippen LogP contribution in [0.5, 0.6) is 0 Å². The largest absolute Gasteiger partial charge is 0.392 e. The summed E-state index contributed by atoms with van der Waals surface area (Å²) in [5.74, 6) is 0. The van der Waals surface area contributed by atoms with Gasteiger partial charge in [-0.05, 0) is 30.5 Å². The highest BCUT2D eigenvalue weighted by molar-refractivity contribution is 7.89. The number of hydrogen-bond donors (Lipinski definition) is 1. The second-order valence-electron chi connectivity index (χ2n) is 4.64. The lowest BCUT2D eigenvalue weighted by atomic mass is 10.1. The quantitative estimate of drug-likeness (QED) is 0.892. The summed E-state index contributed by atoms with van der Waals surface area (Å²) in [6, 6.07) is 8.35. The number of aliphatic hydroxyl groups is 1. The molecule has 1 aromatic rings. The molecule has 1 aliphatic heterocycles. The second kappa shape index (κ2) is 5.70. The van der Waals surface area contributed by atoms with E-state index < -0.39 is 16.1 Å². The fourth-order valence-corrected chi connectivity index (χ4v) is 3.67. The second-order valence-corrected chi connectivity index (χ2v) is 6.58. The third kappa shape index (κ3) is 3.13. The minimum atomic E-state index is -3.54. The number of piperidine rings is 1. The molecule has 0 spiro atoms. The number of β-amino-alcohol motifs (C(OH)–C–C–N with tert-alkyl or cyclic N) is 1. The molecule has 0 amide bonds. The first-order valence-electron chi connectivity index (χ1n) is 6.18. The predicted octanol–water partition coefficient (Wildman–Crippen LogP) is 0.898. The maximum absolute atomic E-state index is 12.4. The number of aliphatic hydroxyl groups excluding tert-OH is 1. The van der Waals surface area contributed by atoms with E-state index in [1.807, 2.05) is 6.07 Å². The molecule has 1 N–H and O–H groups in total. The molecule has 1 aliphatic rings. The molecule has 2 rings (SSSR count). The van der Waals surface area contributed by atoms with Gasteiger partial charge in [-0.15, -0.1) is 0 Å². The first kappa shape index (κ1) is 14.0. The molecule has 19 heavy (non-hydrogen) atoms. The molecule has 1 aromatic carbocycles. The van der Waals surface area contributed by atoms with Crippen molar-refractivity contribution in [3.8, 4) is 6.07 Å². The third-order valence-electron chi connectivity index (χ3n) is 3.20. The topological polar surface area (TPSA) is 81.4 Å². The summed E-state index contributed by atoms with van der Waals surface area (Å²) in [4.78, 5) is 0.211. The van der Waals surface area contributed by atoms with E-state index in [0.29, 0.717) is 19.4 Å². The Hall–Kier alpha value is -1.42. The maximum atomic E-state index is 12.4. The van der Waals surface area contributed by atoms with E-state index in [4.69, 9.17) is 5.26 Å². The van der Waals surface area contributed by atoms with Gasteiger partial charge in [0.2, 0.25) is 10.0 Å². The number of nitrogens with zero attached hydrogens (tertiary/aromatic N) is 2. The molecule has 0 aliphatic carbocycles. The van der Waals surface area contributed by atoms with Crippen molar-refractivity contribution in [1.29, 1.82) is 5.26 Å². The summed E-state index contributed by atoms with van der Waals surface area (Å²) >= 11 is 0. The number of rotatable bonds is 3. The van der Waals surface area contributed by atoms with E-state index in [-0.39, 0.29) is 17.9 Å². The zero-order chi connectivity index (χ0) is 13.9. The number of benzene rings is 1. The highest BCUT2D eigenvalue weighted by atomic mass is 32.2. The summed E-state index contributed by atoms with van der Waals surface area (Å²) in [5.41, 5.74) is 0.792. The minimum Gasteiger partial charge on any atom is -0.392 e. The Morgan fingerprint density at radius 3 is 2.63 bits per heavy atom. The Morgan fingerprint density at radius 2 is 2.05 bits per heavy atom. The molecular formula is C13H16N2O3S. The SMILES string of the molecule is N#CCc1ccc(S(=O)(=O)N2CCC[C@H](O)C2)cc1. The standard InChI is InChI=1S/C13H16N2O3S/c14-8-7-11-3-5-13(6-4-11)19(17,18)15-9-1-2-12(16)10-15/h3-6,12,16H,1-2,7,9-10H2/t12-/m0/s1. The monoisotopic (exact) mass is 280 g/mol. The van der Waals surface area contributed by atoms with E-state index in [0.717, 1.165) is 5.56 Å². The molecule has 0 bridgehead atoms. The van der Waals surface area contributed by atoms with Crippen molar-refractivity contribution in [3.05, 3.63) is 29.8 Å². The van der Waals surface area contributed by atoms with Crippen LogP contribution in [0.2, 0.25) is 0 Å². The van der Waals surface area contributed by atoms with Crippen LogP contribution in [-0.2, 0) is 16.4 Å². The van der Waals surface area contributed by atoms with Crippen LogP contribution < -0.4 is 0 Å². The van der Waals surface area contributed by atoms with Gasteiger partial charge in [-0.1, -0.05) is 12.1 Å². The fourth-order valence-electron chi connectivity index (χ4n) is 2.16. The number of nitriles is 1. The van der Waals surface area contributed by atoms with Crippen molar-refractivity contribution >= 4 is 10.0 Å². The van der Waals surface area contributed by atoms with Gasteiger partial charge in [0.1, 0.15) is 0 Å². The van der Waals surface area contributed by atoms with Gasteiger partial charge in [0, 0.05) is 13.1 Å². The molecule has 1 heterocycles. The van der Waals surface area contributed by atoms with Crippen molar-refractivity contribution in [3.63, 3.8) is 0 Å². The summed E-state index contributed by atoms with van der Waals surface area (Å²) in [6.45, 7) is 0.599. The first-order chi connectivity index (χ1) is 9.04. The molecule has 102 valence electrons. The summed E-state index contributed by atoms with van der Waals surface area (Å²) < 4.78 is 26.0. The van der Waals surface area contributed by atoms with Crippen LogP contribution in [0.1, 0.15) is 18.4 Å². The molecule has 1 atom stereocenters. The predicted molar refractivity (Wildman–Crippen MR) is 69.8 cm³/mol. The van der Waals surface area contributed by atoms with Crippen LogP contribution in [0.15, 0.2) is 29.2 Å². The van der Waals surface area contributed by atoms with Gasteiger partial charge in [0.25, 0.3) is 0 Å². The van der Waals surface area contributed by atoms with Crippen LogP contribution in [-0.4, -0.2) is 37.0 Å². The average molecular weight is 280 g/mol. The highest BCUT2D eigenvalue weighted by Crippen LogP contribution is 2.21. The van der Waals surface area contributed by atoms with E-state index >= 15 is 0 Å². The molecular weight excluding hydrogens is 264 g/mol. The summed E-state index contributed by atoms with van der Waals surface area (Å²) in [5, 5.41) is 18.1. The summed E-state index contributed by atoms with van der Waals surface area (Å²) in [6.07, 6.45) is 1.00. The molecule has 0 saturated carbocycles. The van der Waals surface area contributed by atoms with E-state index in [9.17, 15) is 13.5 Å². The van der Waals surface area contributed by atoms with Crippen molar-refractivity contribution in [2.24, 2.45) is 0 Å². The first-order valence-corrected chi connectivity index (χ1v) is 7.62. The molecule has 1 fully saturated rings. The third-order valence-corrected chi connectivity index (χ3v) is 5.08. The van der Waals surface area contributed by atoms with Crippen LogP contribution in [0.4, 0.5) is 0 Å². The lowest BCUT2D eigenvalue weighted by Gasteiger charge is -2.29. The smallest absolute Gasteiger partial charge is 0.243 e. The van der Waals surface area contributed by atoms with Gasteiger partial charge in [0.15, 0.2) is 0 Å². The van der Waals surface area contributed by atoms with Crippen LogP contribution >= 0.6 is 0 Å². The Morgan fingerprint density at radius 1 is 1.37 bits per heavy atom. The van der Waals surface area contributed by atoms with Crippen LogP contribution in [0.25, 0.3) is 0 Å². The van der Waals surface area contributed by atoms with Gasteiger partial charge in [-0.2, -0.15) is 9.57 Å². The van der Waals surface area contributed by atoms with Crippen molar-refractivity contribution < 1.29 is 13.5 Å². The zero-order valence-electron chi connectivity index (χ0n) is 10.5. The van der Waals surface area contributed by atoms with E-state index in [1.165, 1.54) is 16.4 Å². The molecule has 5 nitrogen and oxygen atoms in total. The van der Waals surface area contributed by atoms with Crippen molar-refractivity contribution in [2.75, 3.05) is 13.1 Å². The van der Waals surface area contributed by atoms with Gasteiger partial charge in [-0.25, -0.2) is 8.42 Å². The Kier molecular flexibility index (Phi) is 4.20. The van der Waals surface area contributed by atoms with Gasteiger partial charge in [0.05, 0.1) is 23.5 Å². The molecule has 6 heteroatoms. The summed E-state index contributed by atoms with van der Waals surface area (Å²) in [7, 11) is -3.54. The van der Waals surface area contributed by atoms with Crippen LogP contribution in [0.3, 0.4) is 0 Å². The Balaban J connectivity index is 2.21. The molecule has 1 saturated heterocycles. The Labute approximate surface area is 113 Å². The zero-order valence-corrected chi connectivity index (χ0v) is 11.3. The molecule has 0 radical (unpaired) electrons. The molecule has 0 unspecified atom stereocenters. The molecule has 0 aromatic heterocycles. The lowest BCUT2D eigenvalue weighted by Crippen LogP contribution is -2.42. The van der Waals surface area contributed by atoms with Gasteiger partial charge < -0.3 is 5.11 Å². The van der Waals surface area contributed by atoms with E-state index in [2.05, 4.69) is 0 Å². The van der Waals surface area contributed by atoms with E-state index in [1.54, 1.807) is 12.1 Å².